The summed E-state index contributed by atoms with van der Waals surface area (Å²) in [4.78, 5) is 22.4. The highest BCUT2D eigenvalue weighted by Gasteiger charge is 2.55. The third-order valence-electron chi connectivity index (χ3n) is 3.39. The van der Waals surface area contributed by atoms with Crippen LogP contribution in [0.4, 0.5) is 0 Å². The van der Waals surface area contributed by atoms with Crippen LogP contribution in [-0.4, -0.2) is 22.6 Å². The standard InChI is InChI=1S/C10H14O4/c1-5-3-10(2)4-6(9(13)14-10)7(5)8(11)12/h5-7H,3-4H2,1-2H3,(H,11,12)/t5-,6+,7-,10-/m0/s1. The van der Waals surface area contributed by atoms with Gasteiger partial charge in [-0.3, -0.25) is 9.59 Å². The van der Waals surface area contributed by atoms with Crippen LogP contribution in [0.15, 0.2) is 0 Å². The largest absolute Gasteiger partial charge is 0.481 e. The second-order valence-corrected chi connectivity index (χ2v) is 4.73. The van der Waals surface area contributed by atoms with Crippen LogP contribution in [0.1, 0.15) is 26.7 Å². The van der Waals surface area contributed by atoms with E-state index in [1.165, 1.54) is 0 Å². The molecule has 0 aromatic heterocycles. The molecule has 1 saturated carbocycles. The zero-order chi connectivity index (χ0) is 10.5. The molecule has 1 saturated heterocycles. The number of carboxylic acids is 1. The summed E-state index contributed by atoms with van der Waals surface area (Å²) in [6.07, 6.45) is 1.22. The second kappa shape index (κ2) is 2.72. The molecular formula is C10H14O4. The first kappa shape index (κ1) is 9.49. The molecule has 4 heteroatoms. The molecule has 2 fully saturated rings. The number of esters is 1. The molecule has 2 bridgehead atoms. The third kappa shape index (κ3) is 1.21. The Morgan fingerprint density at radius 2 is 2.21 bits per heavy atom. The summed E-state index contributed by atoms with van der Waals surface area (Å²) in [5.74, 6) is -2.17. The Labute approximate surface area is 82.2 Å². The quantitative estimate of drug-likeness (QED) is 0.639. The first-order valence-electron chi connectivity index (χ1n) is 4.89. The lowest BCUT2D eigenvalue weighted by atomic mass is 9.69. The van der Waals surface area contributed by atoms with Crippen LogP contribution in [0.5, 0.6) is 0 Å². The fourth-order valence-electron chi connectivity index (χ4n) is 2.93. The van der Waals surface area contributed by atoms with Crippen molar-refractivity contribution in [3.05, 3.63) is 0 Å². The zero-order valence-electron chi connectivity index (χ0n) is 8.32. The molecule has 2 rings (SSSR count). The monoisotopic (exact) mass is 198 g/mol. The van der Waals surface area contributed by atoms with Crippen LogP contribution in [0.25, 0.3) is 0 Å². The van der Waals surface area contributed by atoms with Crippen LogP contribution in [-0.2, 0) is 14.3 Å². The molecule has 14 heavy (non-hydrogen) atoms. The van der Waals surface area contributed by atoms with E-state index in [9.17, 15) is 9.59 Å². The summed E-state index contributed by atoms with van der Waals surface area (Å²) < 4.78 is 5.22. The van der Waals surface area contributed by atoms with Gasteiger partial charge in [0.2, 0.25) is 0 Å². The Hall–Kier alpha value is -1.06. The molecule has 0 amide bonds. The van der Waals surface area contributed by atoms with Gasteiger partial charge in [0, 0.05) is 6.42 Å². The summed E-state index contributed by atoms with van der Waals surface area (Å²) in [5.41, 5.74) is -0.410. The molecular weight excluding hydrogens is 184 g/mol. The minimum absolute atomic E-state index is 0.0164. The highest BCUT2D eigenvalue weighted by atomic mass is 16.6. The molecule has 1 heterocycles. The zero-order valence-corrected chi connectivity index (χ0v) is 8.32. The van der Waals surface area contributed by atoms with Gasteiger partial charge in [-0.05, 0) is 19.3 Å². The topological polar surface area (TPSA) is 63.6 Å². The Bertz CT molecular complexity index is 298. The summed E-state index contributed by atoms with van der Waals surface area (Å²) >= 11 is 0. The lowest BCUT2D eigenvalue weighted by Crippen LogP contribution is -2.39. The van der Waals surface area contributed by atoms with Crippen molar-refractivity contribution in [2.45, 2.75) is 32.3 Å². The second-order valence-electron chi connectivity index (χ2n) is 4.73. The first-order valence-corrected chi connectivity index (χ1v) is 4.89. The third-order valence-corrected chi connectivity index (χ3v) is 3.39. The van der Waals surface area contributed by atoms with Crippen molar-refractivity contribution in [1.29, 1.82) is 0 Å². The van der Waals surface area contributed by atoms with Crippen molar-refractivity contribution in [3.8, 4) is 0 Å². The minimum Gasteiger partial charge on any atom is -0.481 e. The summed E-state index contributed by atoms with van der Waals surface area (Å²) in [5, 5.41) is 9.02. The Morgan fingerprint density at radius 1 is 1.57 bits per heavy atom. The van der Waals surface area contributed by atoms with Crippen LogP contribution in [0, 0.1) is 17.8 Å². The van der Waals surface area contributed by atoms with Gasteiger partial charge < -0.3 is 9.84 Å². The molecule has 4 atom stereocenters. The van der Waals surface area contributed by atoms with Crippen molar-refractivity contribution in [2.75, 3.05) is 0 Å². The van der Waals surface area contributed by atoms with Gasteiger partial charge in [-0.2, -0.15) is 0 Å². The number of ether oxygens (including phenoxy) is 1. The van der Waals surface area contributed by atoms with Gasteiger partial charge in [-0.1, -0.05) is 6.92 Å². The van der Waals surface area contributed by atoms with Crippen molar-refractivity contribution in [2.24, 2.45) is 17.8 Å². The number of hydrogen-bond acceptors (Lipinski definition) is 3. The number of fused-ring (bicyclic) bond motifs is 2. The average Bonchev–Trinajstić information content (AvgIpc) is 2.21. The number of carboxylic acid groups (broad SMARTS) is 1. The minimum atomic E-state index is -0.872. The highest BCUT2D eigenvalue weighted by molar-refractivity contribution is 5.83. The predicted molar refractivity (Wildman–Crippen MR) is 47.5 cm³/mol. The van der Waals surface area contributed by atoms with Gasteiger partial charge in [0.25, 0.3) is 0 Å². The summed E-state index contributed by atoms with van der Waals surface area (Å²) in [6, 6.07) is 0. The molecule has 78 valence electrons. The van der Waals surface area contributed by atoms with E-state index >= 15 is 0 Å². The molecule has 0 aromatic rings. The van der Waals surface area contributed by atoms with E-state index in [0.717, 1.165) is 0 Å². The smallest absolute Gasteiger partial charge is 0.310 e. The fraction of sp³-hybridized carbons (Fsp3) is 0.800. The van der Waals surface area contributed by atoms with E-state index in [1.54, 1.807) is 0 Å². The van der Waals surface area contributed by atoms with Crippen LogP contribution in [0.3, 0.4) is 0 Å². The molecule has 1 N–H and O–H groups in total. The van der Waals surface area contributed by atoms with Crippen molar-refractivity contribution in [1.82, 2.24) is 0 Å². The Balaban J connectivity index is 2.31. The molecule has 2 aliphatic rings. The number of rotatable bonds is 1. The average molecular weight is 198 g/mol. The van der Waals surface area contributed by atoms with E-state index < -0.39 is 23.4 Å². The van der Waals surface area contributed by atoms with E-state index in [1.807, 2.05) is 13.8 Å². The van der Waals surface area contributed by atoms with E-state index in [-0.39, 0.29) is 11.9 Å². The van der Waals surface area contributed by atoms with Gasteiger partial charge in [-0.25, -0.2) is 0 Å². The molecule has 1 aliphatic heterocycles. The fourth-order valence-corrected chi connectivity index (χ4v) is 2.93. The van der Waals surface area contributed by atoms with Crippen molar-refractivity contribution < 1.29 is 19.4 Å². The van der Waals surface area contributed by atoms with E-state index in [0.29, 0.717) is 12.8 Å². The number of carbonyl (C=O) groups excluding carboxylic acids is 1. The van der Waals surface area contributed by atoms with Gasteiger partial charge in [0.05, 0.1) is 11.8 Å². The van der Waals surface area contributed by atoms with Gasteiger partial charge in [0.1, 0.15) is 5.60 Å². The van der Waals surface area contributed by atoms with E-state index in [2.05, 4.69) is 0 Å². The molecule has 1 aliphatic carbocycles. The Kier molecular flexibility index (Phi) is 1.84. The molecule has 0 unspecified atom stereocenters. The van der Waals surface area contributed by atoms with E-state index in [4.69, 9.17) is 9.84 Å². The predicted octanol–water partition coefficient (Wildman–Crippen LogP) is 1.05. The normalized spacial score (nSPS) is 46.1. The molecule has 0 spiro atoms. The van der Waals surface area contributed by atoms with Gasteiger partial charge in [0.15, 0.2) is 0 Å². The Morgan fingerprint density at radius 3 is 2.79 bits per heavy atom. The van der Waals surface area contributed by atoms with Crippen LogP contribution >= 0.6 is 0 Å². The highest BCUT2D eigenvalue weighted by Crippen LogP contribution is 2.48. The van der Waals surface area contributed by atoms with Crippen LogP contribution in [0.2, 0.25) is 0 Å². The number of hydrogen-bond donors (Lipinski definition) is 1. The van der Waals surface area contributed by atoms with Crippen LogP contribution < -0.4 is 0 Å². The number of carbonyl (C=O) groups is 2. The van der Waals surface area contributed by atoms with Crippen molar-refractivity contribution in [3.63, 3.8) is 0 Å². The maximum Gasteiger partial charge on any atom is 0.310 e. The van der Waals surface area contributed by atoms with Gasteiger partial charge >= 0.3 is 11.9 Å². The number of aliphatic carboxylic acids is 1. The SMILES string of the molecule is C[C@H]1C[C@@]2(C)C[C@@H](C(=O)O2)[C@H]1C(=O)O. The van der Waals surface area contributed by atoms with Gasteiger partial charge in [-0.15, -0.1) is 0 Å². The first-order chi connectivity index (χ1) is 6.43. The molecule has 0 radical (unpaired) electrons. The molecule has 0 aromatic carbocycles. The maximum absolute atomic E-state index is 11.4. The molecule has 4 nitrogen and oxygen atoms in total. The lowest BCUT2D eigenvalue weighted by Gasteiger charge is -2.33. The maximum atomic E-state index is 11.4. The lowest BCUT2D eigenvalue weighted by molar-refractivity contribution is -0.152. The summed E-state index contributed by atoms with van der Waals surface area (Å²) in [6.45, 7) is 3.77. The summed E-state index contributed by atoms with van der Waals surface area (Å²) in [7, 11) is 0. The van der Waals surface area contributed by atoms with Crippen molar-refractivity contribution >= 4 is 11.9 Å².